The van der Waals surface area contributed by atoms with Crippen molar-refractivity contribution in [3.8, 4) is 0 Å². The average molecular weight is 365 g/mol. The number of carboxylic acids is 1. The first-order chi connectivity index (χ1) is 13.1. The first-order valence-electron chi connectivity index (χ1n) is 9.68. The summed E-state index contributed by atoms with van der Waals surface area (Å²) >= 11 is 0. The van der Waals surface area contributed by atoms with Crippen molar-refractivity contribution in [2.24, 2.45) is 5.41 Å². The highest BCUT2D eigenvalue weighted by molar-refractivity contribution is 5.82. The van der Waals surface area contributed by atoms with Gasteiger partial charge in [0.1, 0.15) is 0 Å². The number of carbonyl (C=O) groups excluding carboxylic acids is 1. The van der Waals surface area contributed by atoms with Gasteiger partial charge >= 0.3 is 5.97 Å². The van der Waals surface area contributed by atoms with Crippen LogP contribution in [0.15, 0.2) is 54.6 Å². The summed E-state index contributed by atoms with van der Waals surface area (Å²) in [5.41, 5.74) is 2.37. The Morgan fingerprint density at radius 3 is 2.52 bits per heavy atom. The molecule has 4 heteroatoms. The van der Waals surface area contributed by atoms with Crippen LogP contribution >= 0.6 is 0 Å². The lowest BCUT2D eigenvalue weighted by atomic mass is 9.90. The Balaban J connectivity index is 1.67. The first kappa shape index (κ1) is 19.2. The van der Waals surface area contributed by atoms with Gasteiger partial charge in [-0.3, -0.25) is 9.59 Å². The van der Waals surface area contributed by atoms with Gasteiger partial charge in [-0.05, 0) is 29.5 Å². The largest absolute Gasteiger partial charge is 0.481 e. The molecule has 0 heterocycles. The van der Waals surface area contributed by atoms with Crippen LogP contribution in [0.25, 0.3) is 0 Å². The number of unbranched alkanes of at least 4 members (excludes halogenated alkanes) is 1. The number of benzene rings is 2. The summed E-state index contributed by atoms with van der Waals surface area (Å²) in [5, 5.41) is 12.7. The molecule has 1 unspecified atom stereocenters. The zero-order valence-electron chi connectivity index (χ0n) is 15.8. The maximum Gasteiger partial charge on any atom is 0.310 e. The van der Waals surface area contributed by atoms with E-state index >= 15 is 0 Å². The molecule has 1 aliphatic rings. The van der Waals surface area contributed by atoms with Gasteiger partial charge in [-0.2, -0.15) is 0 Å². The van der Waals surface area contributed by atoms with Gasteiger partial charge in [-0.15, -0.1) is 0 Å². The van der Waals surface area contributed by atoms with Crippen molar-refractivity contribution in [2.75, 3.05) is 0 Å². The molecule has 2 aromatic carbocycles. The third-order valence-electron chi connectivity index (χ3n) is 5.59. The second kappa shape index (κ2) is 8.38. The van der Waals surface area contributed by atoms with E-state index in [0.717, 1.165) is 29.5 Å². The lowest BCUT2D eigenvalue weighted by Gasteiger charge is -2.15. The number of aliphatic carboxylic acids is 1. The fraction of sp³-hybridized carbons (Fsp3) is 0.391. The molecule has 0 spiro atoms. The summed E-state index contributed by atoms with van der Waals surface area (Å²) in [5.74, 6) is -0.731. The second-order valence-electron chi connectivity index (χ2n) is 7.46. The van der Waals surface area contributed by atoms with Gasteiger partial charge in [0.25, 0.3) is 0 Å². The van der Waals surface area contributed by atoms with Gasteiger partial charge in [-0.25, -0.2) is 0 Å². The number of rotatable bonds is 9. The maximum atomic E-state index is 12.4. The Labute approximate surface area is 160 Å². The van der Waals surface area contributed by atoms with Crippen LogP contribution in [0.2, 0.25) is 0 Å². The molecule has 4 nitrogen and oxygen atoms in total. The zero-order valence-corrected chi connectivity index (χ0v) is 15.8. The quantitative estimate of drug-likeness (QED) is 0.696. The molecule has 0 radical (unpaired) electrons. The number of amides is 1. The number of hydrogen-bond acceptors (Lipinski definition) is 2. The monoisotopic (exact) mass is 365 g/mol. The van der Waals surface area contributed by atoms with Crippen molar-refractivity contribution in [3.05, 3.63) is 71.3 Å². The van der Waals surface area contributed by atoms with E-state index in [1.807, 2.05) is 54.6 Å². The number of hydrogen-bond donors (Lipinski definition) is 2. The van der Waals surface area contributed by atoms with E-state index in [0.29, 0.717) is 19.4 Å². The molecule has 0 aliphatic heterocycles. The topological polar surface area (TPSA) is 66.4 Å². The number of carbonyl (C=O) groups is 2. The molecule has 0 bridgehead atoms. The molecular weight excluding hydrogens is 338 g/mol. The van der Waals surface area contributed by atoms with E-state index < -0.39 is 11.4 Å². The van der Waals surface area contributed by atoms with Crippen LogP contribution < -0.4 is 5.32 Å². The molecule has 27 heavy (non-hydrogen) atoms. The molecule has 1 aliphatic carbocycles. The lowest BCUT2D eigenvalue weighted by molar-refractivity contribution is -0.143. The minimum Gasteiger partial charge on any atom is -0.481 e. The van der Waals surface area contributed by atoms with Gasteiger partial charge < -0.3 is 10.4 Å². The third kappa shape index (κ3) is 4.38. The van der Waals surface area contributed by atoms with Crippen LogP contribution in [0.3, 0.4) is 0 Å². The Bertz CT molecular complexity index is 802. The highest BCUT2D eigenvalue weighted by Gasteiger charge is 2.60. The van der Waals surface area contributed by atoms with Crippen LogP contribution in [-0.2, 0) is 22.6 Å². The number of carboxylic acid groups (broad SMARTS) is 1. The molecule has 2 atom stereocenters. The van der Waals surface area contributed by atoms with E-state index in [9.17, 15) is 14.7 Å². The highest BCUT2D eigenvalue weighted by Crippen LogP contribution is 2.63. The van der Waals surface area contributed by atoms with Crippen LogP contribution in [-0.4, -0.2) is 17.0 Å². The summed E-state index contributed by atoms with van der Waals surface area (Å²) in [7, 11) is 0. The van der Waals surface area contributed by atoms with Gasteiger partial charge in [0, 0.05) is 12.5 Å². The van der Waals surface area contributed by atoms with E-state index in [1.165, 1.54) is 0 Å². The molecule has 142 valence electrons. The van der Waals surface area contributed by atoms with E-state index in [2.05, 4.69) is 12.2 Å². The first-order valence-corrected chi connectivity index (χ1v) is 9.68. The predicted molar refractivity (Wildman–Crippen MR) is 105 cm³/mol. The normalized spacial score (nSPS) is 20.9. The van der Waals surface area contributed by atoms with E-state index in [4.69, 9.17) is 0 Å². The summed E-state index contributed by atoms with van der Waals surface area (Å²) in [6.07, 6.45) is 3.57. The highest BCUT2D eigenvalue weighted by atomic mass is 16.4. The van der Waals surface area contributed by atoms with Gasteiger partial charge in [0.2, 0.25) is 5.91 Å². The molecule has 0 saturated heterocycles. The number of nitrogens with one attached hydrogen (secondary N) is 1. The van der Waals surface area contributed by atoms with Crippen LogP contribution in [0.1, 0.15) is 55.2 Å². The molecule has 1 amide bonds. The van der Waals surface area contributed by atoms with Crippen LogP contribution in [0.4, 0.5) is 0 Å². The fourth-order valence-electron chi connectivity index (χ4n) is 3.89. The van der Waals surface area contributed by atoms with Crippen molar-refractivity contribution in [1.29, 1.82) is 0 Å². The standard InChI is InChI=1S/C23H27NO3/c1-2-3-13-23(22(26)27)15-20(23)19-12-8-7-11-18(19)14-21(25)24-16-17-9-5-4-6-10-17/h4-12,20H,2-3,13-16H2,1H3,(H,24,25)(H,26,27)/t20-,23?/m0/s1. The minimum absolute atomic E-state index is 0.0136. The maximum absolute atomic E-state index is 12.4. The van der Waals surface area contributed by atoms with Crippen LogP contribution in [0.5, 0.6) is 0 Å². The average Bonchev–Trinajstić information content (AvgIpc) is 3.42. The molecule has 1 saturated carbocycles. The van der Waals surface area contributed by atoms with Crippen molar-refractivity contribution in [2.45, 2.75) is 51.5 Å². The van der Waals surface area contributed by atoms with E-state index in [-0.39, 0.29) is 18.2 Å². The van der Waals surface area contributed by atoms with Gasteiger partial charge in [0.15, 0.2) is 0 Å². The van der Waals surface area contributed by atoms with Crippen LogP contribution in [0, 0.1) is 5.41 Å². The molecular formula is C23H27NO3. The molecule has 3 rings (SSSR count). The smallest absolute Gasteiger partial charge is 0.310 e. The zero-order chi connectivity index (χ0) is 19.3. The van der Waals surface area contributed by atoms with Crippen molar-refractivity contribution in [1.82, 2.24) is 5.32 Å². The molecule has 2 aromatic rings. The summed E-state index contributed by atoms with van der Waals surface area (Å²) < 4.78 is 0. The molecule has 0 aromatic heterocycles. The minimum atomic E-state index is -0.704. The Hall–Kier alpha value is -2.62. The Morgan fingerprint density at radius 1 is 1.11 bits per heavy atom. The molecule has 1 fully saturated rings. The van der Waals surface area contributed by atoms with E-state index in [1.54, 1.807) is 0 Å². The van der Waals surface area contributed by atoms with Crippen molar-refractivity contribution in [3.63, 3.8) is 0 Å². The SMILES string of the molecule is CCCCC1(C(=O)O)C[C@H]1c1ccccc1CC(=O)NCc1ccccc1. The second-order valence-corrected chi connectivity index (χ2v) is 7.46. The predicted octanol–water partition coefficient (Wildman–Crippen LogP) is 4.29. The third-order valence-corrected chi connectivity index (χ3v) is 5.59. The molecule has 2 N–H and O–H groups in total. The summed E-state index contributed by atoms with van der Waals surface area (Å²) in [6.45, 7) is 2.58. The van der Waals surface area contributed by atoms with Crippen molar-refractivity contribution < 1.29 is 14.7 Å². The Morgan fingerprint density at radius 2 is 1.81 bits per heavy atom. The van der Waals surface area contributed by atoms with Gasteiger partial charge in [0.05, 0.1) is 11.8 Å². The Kier molecular flexibility index (Phi) is 5.94. The lowest BCUT2D eigenvalue weighted by Crippen LogP contribution is -2.25. The van der Waals surface area contributed by atoms with Crippen molar-refractivity contribution >= 4 is 11.9 Å². The summed E-state index contributed by atoms with van der Waals surface area (Å²) in [4.78, 5) is 24.3. The fourth-order valence-corrected chi connectivity index (χ4v) is 3.89. The summed E-state index contributed by atoms with van der Waals surface area (Å²) in [6, 6.07) is 17.6. The van der Waals surface area contributed by atoms with Gasteiger partial charge in [-0.1, -0.05) is 74.4 Å².